The minimum absolute atomic E-state index is 0.0302. The van der Waals surface area contributed by atoms with E-state index in [9.17, 15) is 9.90 Å². The van der Waals surface area contributed by atoms with Crippen LogP contribution >= 0.6 is 34.8 Å². The van der Waals surface area contributed by atoms with Crippen molar-refractivity contribution in [3.8, 4) is 28.7 Å². The van der Waals surface area contributed by atoms with Crippen molar-refractivity contribution in [2.24, 2.45) is 0 Å². The third-order valence-electron chi connectivity index (χ3n) is 4.71. The van der Waals surface area contributed by atoms with Crippen molar-refractivity contribution in [2.45, 2.75) is 27.7 Å². The number of allylic oxidation sites excluding steroid dienone is 2. The predicted octanol–water partition coefficient (Wildman–Crippen LogP) is 6.73. The molecule has 2 aromatic carbocycles. The maximum atomic E-state index is 12.9. The Kier molecular flexibility index (Phi) is 5.45. The first-order chi connectivity index (χ1) is 13.1. The van der Waals surface area contributed by atoms with E-state index in [1.54, 1.807) is 13.8 Å². The topological polar surface area (TPSA) is 65.0 Å². The summed E-state index contributed by atoms with van der Waals surface area (Å²) in [5.41, 5.74) is 2.06. The Morgan fingerprint density at radius 3 is 2.21 bits per heavy atom. The molecular weight excluding hydrogens is 427 g/mol. The van der Waals surface area contributed by atoms with Crippen molar-refractivity contribution in [1.29, 1.82) is 0 Å². The van der Waals surface area contributed by atoms with E-state index in [2.05, 4.69) is 0 Å². The monoisotopic (exact) mass is 442 g/mol. The summed E-state index contributed by atoms with van der Waals surface area (Å²) in [6.07, 6.45) is 1.83. The third-order valence-corrected chi connectivity index (χ3v) is 5.89. The van der Waals surface area contributed by atoms with Crippen LogP contribution in [0.15, 0.2) is 6.08 Å². The quantitative estimate of drug-likeness (QED) is 0.412. The number of carbonyl (C=O) groups excluding carboxylic acids is 1. The largest absolute Gasteiger partial charge is 0.505 e. The number of fused-ring (bicyclic) bond motifs is 2. The highest BCUT2D eigenvalue weighted by atomic mass is 35.5. The lowest BCUT2D eigenvalue weighted by molar-refractivity contribution is 0.0735. The lowest BCUT2D eigenvalue weighted by Gasteiger charge is -2.20. The summed E-state index contributed by atoms with van der Waals surface area (Å²) >= 11 is 18.9. The minimum Gasteiger partial charge on any atom is -0.505 e. The van der Waals surface area contributed by atoms with Crippen molar-refractivity contribution >= 4 is 46.3 Å². The van der Waals surface area contributed by atoms with Gasteiger partial charge < -0.3 is 19.3 Å². The van der Waals surface area contributed by atoms with Crippen LogP contribution in [-0.2, 0) is 0 Å². The van der Waals surface area contributed by atoms with Gasteiger partial charge in [0.2, 0.25) is 0 Å². The Morgan fingerprint density at radius 1 is 1.00 bits per heavy atom. The lowest BCUT2D eigenvalue weighted by atomic mass is 10.0. The number of halogens is 3. The maximum Gasteiger partial charge on any atom is 0.347 e. The Morgan fingerprint density at radius 2 is 1.64 bits per heavy atom. The SMILES string of the molecule is C/C=C(\C)c1c(Cl)c(OC)c(C)c2c1Oc1c(Cl)c(O)c(Cl)c(C)c1C(=O)O2. The molecule has 0 aliphatic carbocycles. The maximum absolute atomic E-state index is 12.9. The number of hydrogen-bond acceptors (Lipinski definition) is 5. The van der Waals surface area contributed by atoms with Crippen molar-refractivity contribution < 1.29 is 24.1 Å². The van der Waals surface area contributed by atoms with Crippen LogP contribution < -0.4 is 14.2 Å². The molecule has 0 atom stereocenters. The smallest absolute Gasteiger partial charge is 0.347 e. The first-order valence-corrected chi connectivity index (χ1v) is 9.42. The molecule has 5 nitrogen and oxygen atoms in total. The number of esters is 1. The molecule has 3 rings (SSSR count). The number of hydrogen-bond donors (Lipinski definition) is 1. The summed E-state index contributed by atoms with van der Waals surface area (Å²) in [6.45, 7) is 6.93. The molecule has 0 saturated carbocycles. The Bertz CT molecular complexity index is 1060. The molecule has 0 bridgehead atoms. The zero-order chi connectivity index (χ0) is 20.9. The van der Waals surface area contributed by atoms with Gasteiger partial charge in [0.25, 0.3) is 0 Å². The molecule has 0 amide bonds. The molecular formula is C20H17Cl3O5. The summed E-state index contributed by atoms with van der Waals surface area (Å²) < 4.78 is 17.1. The second kappa shape index (κ2) is 7.39. The van der Waals surface area contributed by atoms with Gasteiger partial charge >= 0.3 is 5.97 Å². The molecule has 0 aromatic heterocycles. The van der Waals surface area contributed by atoms with Crippen LogP contribution in [0.4, 0.5) is 0 Å². The van der Waals surface area contributed by atoms with Gasteiger partial charge in [-0.15, -0.1) is 0 Å². The van der Waals surface area contributed by atoms with Crippen LogP contribution in [0.2, 0.25) is 15.1 Å². The van der Waals surface area contributed by atoms with E-state index < -0.39 is 5.97 Å². The van der Waals surface area contributed by atoms with Gasteiger partial charge in [-0.05, 0) is 38.8 Å². The highest BCUT2D eigenvalue weighted by molar-refractivity contribution is 6.39. The highest BCUT2D eigenvalue weighted by Gasteiger charge is 2.35. The molecule has 1 N–H and O–H groups in total. The van der Waals surface area contributed by atoms with Crippen molar-refractivity contribution in [1.82, 2.24) is 0 Å². The standard InChI is InChI=1S/C20H17Cl3O5/c1-6-7(2)10-13(22)16(26-5)9(4)17-19(10)27-18-11(20(25)28-17)8(3)12(21)15(24)14(18)23/h6,24H,1-5H3/b7-6+. The summed E-state index contributed by atoms with van der Waals surface area (Å²) in [5.74, 6) is -0.417. The molecule has 1 aliphatic heterocycles. The van der Waals surface area contributed by atoms with Gasteiger partial charge in [-0.1, -0.05) is 40.9 Å². The van der Waals surface area contributed by atoms with E-state index in [-0.39, 0.29) is 44.2 Å². The van der Waals surface area contributed by atoms with Crippen LogP contribution in [0.1, 0.15) is 40.9 Å². The van der Waals surface area contributed by atoms with Crippen LogP contribution in [0.3, 0.4) is 0 Å². The van der Waals surface area contributed by atoms with Crippen LogP contribution in [0.25, 0.3) is 5.57 Å². The molecule has 0 spiro atoms. The van der Waals surface area contributed by atoms with Gasteiger partial charge in [0.05, 0.1) is 17.2 Å². The Balaban J connectivity index is 2.46. The fourth-order valence-electron chi connectivity index (χ4n) is 3.08. The number of rotatable bonds is 2. The molecule has 0 radical (unpaired) electrons. The van der Waals surface area contributed by atoms with Gasteiger partial charge in [-0.3, -0.25) is 0 Å². The molecule has 0 fully saturated rings. The Hall–Kier alpha value is -2.08. The number of methoxy groups -OCH3 is 1. The van der Waals surface area contributed by atoms with Crippen molar-refractivity contribution in [3.63, 3.8) is 0 Å². The first-order valence-electron chi connectivity index (χ1n) is 8.29. The van der Waals surface area contributed by atoms with Gasteiger partial charge in [0.1, 0.15) is 16.3 Å². The first kappa shape index (κ1) is 20.6. The van der Waals surface area contributed by atoms with E-state index in [4.69, 9.17) is 49.0 Å². The zero-order valence-electron chi connectivity index (χ0n) is 15.8. The second-order valence-corrected chi connectivity index (χ2v) is 7.41. The van der Waals surface area contributed by atoms with Gasteiger partial charge in [-0.2, -0.15) is 0 Å². The van der Waals surface area contributed by atoms with Gasteiger partial charge in [-0.25, -0.2) is 4.79 Å². The number of ether oxygens (including phenoxy) is 3. The fraction of sp³-hybridized carbons (Fsp3) is 0.250. The molecule has 8 heteroatoms. The Labute approximate surface area is 177 Å². The number of phenols is 1. The molecule has 1 aliphatic rings. The lowest BCUT2D eigenvalue weighted by Crippen LogP contribution is -2.11. The molecule has 0 unspecified atom stereocenters. The minimum atomic E-state index is -0.716. The number of phenolic OH excluding ortho intramolecular Hbond substituents is 1. The summed E-state index contributed by atoms with van der Waals surface area (Å²) in [7, 11) is 1.47. The highest BCUT2D eigenvalue weighted by Crippen LogP contribution is 2.55. The average Bonchev–Trinajstić information content (AvgIpc) is 2.81. The molecule has 0 saturated heterocycles. The van der Waals surface area contributed by atoms with Crippen LogP contribution in [-0.4, -0.2) is 18.2 Å². The van der Waals surface area contributed by atoms with E-state index >= 15 is 0 Å². The second-order valence-electron chi connectivity index (χ2n) is 6.27. The van der Waals surface area contributed by atoms with Gasteiger partial charge in [0.15, 0.2) is 23.0 Å². The molecule has 2 aromatic rings. The van der Waals surface area contributed by atoms with Crippen molar-refractivity contribution in [3.05, 3.63) is 43.4 Å². The fourth-order valence-corrected chi connectivity index (χ4v) is 4.00. The third kappa shape index (κ3) is 2.89. The summed E-state index contributed by atoms with van der Waals surface area (Å²) in [5, 5.41) is 10.3. The van der Waals surface area contributed by atoms with Gasteiger partial charge in [0, 0.05) is 11.1 Å². The van der Waals surface area contributed by atoms with Crippen molar-refractivity contribution in [2.75, 3.05) is 7.11 Å². The number of benzene rings is 2. The number of aromatic hydroxyl groups is 1. The predicted molar refractivity (Wildman–Crippen MR) is 110 cm³/mol. The van der Waals surface area contributed by atoms with Crippen LogP contribution in [0.5, 0.6) is 28.7 Å². The molecule has 1 heterocycles. The number of carbonyl (C=O) groups is 1. The van der Waals surface area contributed by atoms with Crippen LogP contribution in [0, 0.1) is 13.8 Å². The van der Waals surface area contributed by atoms with E-state index in [0.29, 0.717) is 21.9 Å². The summed E-state index contributed by atoms with van der Waals surface area (Å²) in [6, 6.07) is 0. The zero-order valence-corrected chi connectivity index (χ0v) is 18.1. The van der Waals surface area contributed by atoms with E-state index in [0.717, 1.165) is 5.57 Å². The molecule has 28 heavy (non-hydrogen) atoms. The molecule has 148 valence electrons. The summed E-state index contributed by atoms with van der Waals surface area (Å²) in [4.78, 5) is 12.9. The van der Waals surface area contributed by atoms with E-state index in [1.807, 2.05) is 19.9 Å². The normalized spacial score (nSPS) is 13.3. The van der Waals surface area contributed by atoms with E-state index in [1.165, 1.54) is 7.11 Å². The average molecular weight is 444 g/mol.